The number of para-hydroxylation sites is 2. The van der Waals surface area contributed by atoms with Crippen LogP contribution in [-0.2, 0) is 6.54 Å². The number of imidazole rings is 1. The van der Waals surface area contributed by atoms with Gasteiger partial charge in [0.05, 0.1) is 17.1 Å². The number of rotatable bonds is 6. The van der Waals surface area contributed by atoms with Crippen molar-refractivity contribution in [1.29, 1.82) is 0 Å². The summed E-state index contributed by atoms with van der Waals surface area (Å²) < 4.78 is 2.23. The number of carbonyl (C=O) groups excluding carboxylic acids is 1. The Kier molecular flexibility index (Phi) is 5.62. The van der Waals surface area contributed by atoms with E-state index in [1.54, 1.807) is 24.3 Å². The van der Waals surface area contributed by atoms with E-state index in [4.69, 9.17) is 16.6 Å². The van der Waals surface area contributed by atoms with Crippen molar-refractivity contribution in [3.63, 3.8) is 0 Å². The number of halogens is 1. The normalized spacial score (nSPS) is 13.5. The number of fused-ring (bicyclic) bond motifs is 1. The van der Waals surface area contributed by atoms with E-state index in [-0.39, 0.29) is 11.9 Å². The largest absolute Gasteiger partial charge is 0.342 e. The molecule has 1 amide bonds. The van der Waals surface area contributed by atoms with Gasteiger partial charge in [0.25, 0.3) is 5.91 Å². The molecule has 1 aromatic heterocycles. The van der Waals surface area contributed by atoms with Crippen LogP contribution in [0.2, 0.25) is 5.02 Å². The molecule has 5 heteroatoms. The van der Waals surface area contributed by atoms with E-state index in [9.17, 15) is 4.79 Å². The van der Waals surface area contributed by atoms with E-state index < -0.39 is 0 Å². The van der Waals surface area contributed by atoms with Crippen LogP contribution in [0.25, 0.3) is 11.0 Å². The van der Waals surface area contributed by atoms with Crippen molar-refractivity contribution < 1.29 is 4.79 Å². The Morgan fingerprint density at radius 2 is 1.85 bits per heavy atom. The van der Waals surface area contributed by atoms with Gasteiger partial charge in [0.15, 0.2) is 0 Å². The number of aromatic nitrogens is 2. The summed E-state index contributed by atoms with van der Waals surface area (Å²) in [4.78, 5) is 17.3. The van der Waals surface area contributed by atoms with E-state index >= 15 is 0 Å². The summed E-state index contributed by atoms with van der Waals surface area (Å²) in [5.74, 6) is 1.29. The fourth-order valence-electron chi connectivity index (χ4n) is 3.00. The van der Waals surface area contributed by atoms with Gasteiger partial charge < -0.3 is 9.88 Å². The standard InChI is InChI=1S/C21H24ClN3O/c1-4-14(2)13-25-19-8-6-5-7-18(19)24-20(25)15(3)23-21(26)16-9-11-17(22)12-10-16/h5-12,14-15H,4,13H2,1-3H3,(H,23,26). The third kappa shape index (κ3) is 3.91. The number of amides is 1. The summed E-state index contributed by atoms with van der Waals surface area (Å²) in [6.45, 7) is 7.28. The van der Waals surface area contributed by atoms with Crippen LogP contribution in [-0.4, -0.2) is 15.5 Å². The number of nitrogens with zero attached hydrogens (tertiary/aromatic N) is 2. The highest BCUT2D eigenvalue weighted by molar-refractivity contribution is 6.30. The molecule has 0 saturated carbocycles. The van der Waals surface area contributed by atoms with Crippen molar-refractivity contribution in [2.24, 2.45) is 5.92 Å². The van der Waals surface area contributed by atoms with Gasteiger partial charge >= 0.3 is 0 Å². The summed E-state index contributed by atoms with van der Waals surface area (Å²) in [6, 6.07) is 14.8. The zero-order valence-corrected chi connectivity index (χ0v) is 16.1. The molecule has 136 valence electrons. The average Bonchev–Trinajstić information content (AvgIpc) is 3.00. The molecule has 0 radical (unpaired) electrons. The zero-order valence-electron chi connectivity index (χ0n) is 15.4. The van der Waals surface area contributed by atoms with Gasteiger partial charge in [-0.05, 0) is 49.2 Å². The molecule has 0 saturated heterocycles. The van der Waals surface area contributed by atoms with Crippen LogP contribution in [0.3, 0.4) is 0 Å². The minimum absolute atomic E-state index is 0.128. The Balaban J connectivity index is 1.89. The van der Waals surface area contributed by atoms with Gasteiger partial charge in [0.2, 0.25) is 0 Å². The Labute approximate surface area is 159 Å². The Morgan fingerprint density at radius 3 is 2.54 bits per heavy atom. The van der Waals surface area contributed by atoms with Crippen LogP contribution in [0, 0.1) is 5.92 Å². The first-order valence-electron chi connectivity index (χ1n) is 9.01. The predicted molar refractivity (Wildman–Crippen MR) is 107 cm³/mol. The van der Waals surface area contributed by atoms with Gasteiger partial charge in [-0.1, -0.05) is 44.0 Å². The van der Waals surface area contributed by atoms with Gasteiger partial charge in [-0.3, -0.25) is 4.79 Å². The highest BCUT2D eigenvalue weighted by Gasteiger charge is 2.20. The van der Waals surface area contributed by atoms with Crippen LogP contribution in [0.4, 0.5) is 0 Å². The zero-order chi connectivity index (χ0) is 18.7. The van der Waals surface area contributed by atoms with Gasteiger partial charge in [-0.15, -0.1) is 0 Å². The van der Waals surface area contributed by atoms with Crippen molar-refractivity contribution >= 4 is 28.5 Å². The molecular formula is C21H24ClN3O. The lowest BCUT2D eigenvalue weighted by Crippen LogP contribution is -2.29. The number of benzene rings is 2. The molecule has 3 rings (SSSR count). The molecule has 2 unspecified atom stereocenters. The van der Waals surface area contributed by atoms with Crippen molar-refractivity contribution in [3.05, 3.63) is 64.9 Å². The minimum Gasteiger partial charge on any atom is -0.342 e. The summed E-state index contributed by atoms with van der Waals surface area (Å²) >= 11 is 5.90. The van der Waals surface area contributed by atoms with Gasteiger partial charge in [-0.2, -0.15) is 0 Å². The molecule has 0 bridgehead atoms. The van der Waals surface area contributed by atoms with E-state index in [1.165, 1.54) is 0 Å². The third-order valence-corrected chi connectivity index (χ3v) is 4.97. The first kappa shape index (κ1) is 18.5. The molecule has 0 spiro atoms. The van der Waals surface area contributed by atoms with E-state index in [2.05, 4.69) is 29.8 Å². The van der Waals surface area contributed by atoms with Gasteiger partial charge in [-0.25, -0.2) is 4.98 Å². The number of hydrogen-bond donors (Lipinski definition) is 1. The Bertz CT molecular complexity index is 901. The lowest BCUT2D eigenvalue weighted by atomic mass is 10.1. The number of hydrogen-bond acceptors (Lipinski definition) is 2. The molecule has 0 aliphatic carbocycles. The maximum absolute atomic E-state index is 12.6. The maximum Gasteiger partial charge on any atom is 0.251 e. The fraction of sp³-hybridized carbons (Fsp3) is 0.333. The molecule has 0 aliphatic rings. The maximum atomic E-state index is 12.6. The van der Waals surface area contributed by atoms with Crippen LogP contribution in [0.1, 0.15) is 49.4 Å². The van der Waals surface area contributed by atoms with Gasteiger partial charge in [0.1, 0.15) is 5.82 Å². The SMILES string of the molecule is CCC(C)Cn1c(C(C)NC(=O)c2ccc(Cl)cc2)nc2ccccc21. The molecular weight excluding hydrogens is 346 g/mol. The lowest BCUT2D eigenvalue weighted by molar-refractivity contribution is 0.0937. The molecule has 1 N–H and O–H groups in total. The van der Waals surface area contributed by atoms with Crippen LogP contribution >= 0.6 is 11.6 Å². The van der Waals surface area contributed by atoms with Crippen molar-refractivity contribution in [1.82, 2.24) is 14.9 Å². The average molecular weight is 370 g/mol. The lowest BCUT2D eigenvalue weighted by Gasteiger charge is -2.18. The van der Waals surface area contributed by atoms with Crippen LogP contribution in [0.15, 0.2) is 48.5 Å². The second-order valence-corrected chi connectivity index (χ2v) is 7.22. The molecule has 0 fully saturated rings. The van der Waals surface area contributed by atoms with E-state index in [0.717, 1.165) is 29.8 Å². The Morgan fingerprint density at radius 1 is 1.15 bits per heavy atom. The fourth-order valence-corrected chi connectivity index (χ4v) is 3.13. The predicted octanol–water partition coefficient (Wildman–Crippen LogP) is 5.23. The monoisotopic (exact) mass is 369 g/mol. The summed E-state index contributed by atoms with van der Waals surface area (Å²) in [6.07, 6.45) is 1.09. The quantitative estimate of drug-likeness (QED) is 0.646. The molecule has 0 aliphatic heterocycles. The first-order chi connectivity index (χ1) is 12.5. The number of nitrogens with one attached hydrogen (secondary N) is 1. The molecule has 4 nitrogen and oxygen atoms in total. The van der Waals surface area contributed by atoms with Crippen LogP contribution in [0.5, 0.6) is 0 Å². The Hall–Kier alpha value is -2.33. The first-order valence-corrected chi connectivity index (χ1v) is 9.39. The molecule has 2 aromatic carbocycles. The summed E-state index contributed by atoms with van der Waals surface area (Å²) in [5.41, 5.74) is 2.65. The second-order valence-electron chi connectivity index (χ2n) is 6.78. The van der Waals surface area contributed by atoms with Crippen molar-refractivity contribution in [2.75, 3.05) is 0 Å². The summed E-state index contributed by atoms with van der Waals surface area (Å²) in [7, 11) is 0. The second kappa shape index (κ2) is 7.92. The summed E-state index contributed by atoms with van der Waals surface area (Å²) in [5, 5.41) is 3.67. The van der Waals surface area contributed by atoms with E-state index in [0.29, 0.717) is 16.5 Å². The van der Waals surface area contributed by atoms with Gasteiger partial charge in [0, 0.05) is 17.1 Å². The minimum atomic E-state index is -0.199. The topological polar surface area (TPSA) is 46.9 Å². The smallest absolute Gasteiger partial charge is 0.251 e. The molecule has 3 aromatic rings. The van der Waals surface area contributed by atoms with E-state index in [1.807, 2.05) is 25.1 Å². The number of carbonyl (C=O) groups is 1. The van der Waals surface area contributed by atoms with Crippen molar-refractivity contribution in [3.8, 4) is 0 Å². The third-order valence-electron chi connectivity index (χ3n) is 4.72. The molecule has 1 heterocycles. The highest BCUT2D eigenvalue weighted by Crippen LogP contribution is 2.23. The molecule has 26 heavy (non-hydrogen) atoms. The van der Waals surface area contributed by atoms with Crippen LogP contribution < -0.4 is 5.32 Å². The molecule has 2 atom stereocenters. The van der Waals surface area contributed by atoms with Crippen molar-refractivity contribution in [2.45, 2.75) is 39.8 Å². The highest BCUT2D eigenvalue weighted by atomic mass is 35.5.